The lowest BCUT2D eigenvalue weighted by molar-refractivity contribution is 0.768. The second kappa shape index (κ2) is 4.51. The molecule has 16 heavy (non-hydrogen) atoms. The monoisotopic (exact) mass is 300 g/mol. The van der Waals surface area contributed by atoms with E-state index in [9.17, 15) is 0 Å². The highest BCUT2D eigenvalue weighted by atomic mass is 79.9. The van der Waals surface area contributed by atoms with Gasteiger partial charge in [0.2, 0.25) is 0 Å². The number of aromatic nitrogens is 4. The van der Waals surface area contributed by atoms with Gasteiger partial charge >= 0.3 is 0 Å². The number of halogens is 2. The molecule has 0 saturated carbocycles. The maximum absolute atomic E-state index is 6.04. The van der Waals surface area contributed by atoms with Crippen LogP contribution in [0.25, 0.3) is 11.5 Å². The Hall–Kier alpha value is -0.940. The maximum Gasteiger partial charge on any atom is 0.179 e. The third-order valence-corrected chi connectivity index (χ3v) is 3.60. The first-order valence-electron chi connectivity index (χ1n) is 4.83. The molecule has 2 aromatic rings. The van der Waals surface area contributed by atoms with Gasteiger partial charge in [-0.3, -0.25) is 4.68 Å². The van der Waals surface area contributed by atoms with E-state index in [0.29, 0.717) is 11.0 Å². The van der Waals surface area contributed by atoms with Gasteiger partial charge in [-0.05, 0) is 28.4 Å². The molecule has 0 spiro atoms. The fourth-order valence-electron chi connectivity index (χ4n) is 1.41. The van der Waals surface area contributed by atoms with E-state index in [1.54, 1.807) is 10.9 Å². The van der Waals surface area contributed by atoms with Gasteiger partial charge in [-0.2, -0.15) is 5.10 Å². The summed E-state index contributed by atoms with van der Waals surface area (Å²) >= 11 is 9.42. The molecule has 0 aliphatic rings. The maximum atomic E-state index is 6.04. The fraction of sp³-hybridized carbons (Fsp3) is 0.300. The minimum absolute atomic E-state index is 0.433. The molecule has 0 amide bonds. The molecule has 0 bridgehead atoms. The number of rotatable bonds is 2. The van der Waals surface area contributed by atoms with Gasteiger partial charge in [-0.25, -0.2) is 9.97 Å². The van der Waals surface area contributed by atoms with Crippen LogP contribution in [0.1, 0.15) is 12.6 Å². The summed E-state index contributed by atoms with van der Waals surface area (Å²) < 4.78 is 2.49. The number of aryl methyl sites for hydroxylation is 2. The van der Waals surface area contributed by atoms with Gasteiger partial charge in [-0.1, -0.05) is 18.5 Å². The summed E-state index contributed by atoms with van der Waals surface area (Å²) in [6.07, 6.45) is 2.51. The van der Waals surface area contributed by atoms with Crippen molar-refractivity contribution in [1.29, 1.82) is 0 Å². The third-order valence-electron chi connectivity index (χ3n) is 2.26. The molecule has 2 heterocycles. The summed E-state index contributed by atoms with van der Waals surface area (Å²) in [5.74, 6) is 0.602. The zero-order valence-corrected chi connectivity index (χ0v) is 11.2. The van der Waals surface area contributed by atoms with Crippen LogP contribution >= 0.6 is 27.5 Å². The topological polar surface area (TPSA) is 43.6 Å². The molecule has 84 valence electrons. The van der Waals surface area contributed by atoms with E-state index in [4.69, 9.17) is 11.6 Å². The van der Waals surface area contributed by atoms with Crippen LogP contribution in [0.2, 0.25) is 5.15 Å². The van der Waals surface area contributed by atoms with E-state index in [-0.39, 0.29) is 0 Å². The van der Waals surface area contributed by atoms with E-state index >= 15 is 0 Å². The van der Waals surface area contributed by atoms with Gasteiger partial charge in [0.1, 0.15) is 10.8 Å². The van der Waals surface area contributed by atoms with Crippen LogP contribution in [0.15, 0.2) is 16.7 Å². The molecule has 0 saturated heterocycles. The second-order valence-electron chi connectivity index (χ2n) is 3.29. The van der Waals surface area contributed by atoms with Gasteiger partial charge in [0.05, 0.1) is 10.2 Å². The van der Waals surface area contributed by atoms with Crippen molar-refractivity contribution >= 4 is 27.5 Å². The van der Waals surface area contributed by atoms with Gasteiger partial charge < -0.3 is 0 Å². The first-order chi connectivity index (χ1) is 7.63. The highest BCUT2D eigenvalue weighted by Gasteiger charge is 2.12. The summed E-state index contributed by atoms with van der Waals surface area (Å²) in [6, 6.07) is 1.86. The van der Waals surface area contributed by atoms with Gasteiger partial charge in [0, 0.05) is 13.2 Å². The molecule has 0 atom stereocenters. The molecule has 2 aromatic heterocycles. The van der Waals surface area contributed by atoms with Crippen LogP contribution in [0.4, 0.5) is 0 Å². The molecule has 4 nitrogen and oxygen atoms in total. The lowest BCUT2D eigenvalue weighted by atomic mass is 10.3. The van der Waals surface area contributed by atoms with Gasteiger partial charge in [0.15, 0.2) is 5.82 Å². The molecule has 0 fully saturated rings. The van der Waals surface area contributed by atoms with Crippen molar-refractivity contribution in [3.63, 3.8) is 0 Å². The van der Waals surface area contributed by atoms with Gasteiger partial charge in [-0.15, -0.1) is 0 Å². The van der Waals surface area contributed by atoms with Crippen LogP contribution in [0, 0.1) is 0 Å². The Balaban J connectivity index is 2.59. The Kier molecular flexibility index (Phi) is 3.25. The predicted octanol–water partition coefficient (Wildman–Crippen LogP) is 2.86. The average Bonchev–Trinajstić information content (AvgIpc) is 2.68. The normalized spacial score (nSPS) is 10.8. The summed E-state index contributed by atoms with van der Waals surface area (Å²) in [5, 5.41) is 4.52. The minimum atomic E-state index is 0.433. The number of nitrogens with zero attached hydrogens (tertiary/aromatic N) is 4. The van der Waals surface area contributed by atoms with Crippen molar-refractivity contribution < 1.29 is 0 Å². The molecule has 2 rings (SSSR count). The molecule has 6 heteroatoms. The SMILES string of the molecule is CCc1nc(-c2ccnn2C)nc(Cl)c1Br. The first-order valence-corrected chi connectivity index (χ1v) is 6.01. The Morgan fingerprint density at radius 3 is 2.75 bits per heavy atom. The molecule has 0 aliphatic carbocycles. The molecule has 0 aliphatic heterocycles. The van der Waals surface area contributed by atoms with Crippen LogP contribution in [0.3, 0.4) is 0 Å². The van der Waals surface area contributed by atoms with Crippen LogP contribution in [0.5, 0.6) is 0 Å². The van der Waals surface area contributed by atoms with E-state index in [2.05, 4.69) is 31.0 Å². The average molecular weight is 302 g/mol. The fourth-order valence-corrected chi connectivity index (χ4v) is 2.05. The smallest absolute Gasteiger partial charge is 0.179 e. The quantitative estimate of drug-likeness (QED) is 0.801. The first kappa shape index (κ1) is 11.5. The molecular formula is C10H10BrClN4. The molecule has 0 aromatic carbocycles. The Morgan fingerprint density at radius 2 is 2.19 bits per heavy atom. The van der Waals surface area contributed by atoms with Crippen molar-refractivity contribution in [3.8, 4) is 11.5 Å². The summed E-state index contributed by atoms with van der Waals surface area (Å²) in [6.45, 7) is 2.02. The van der Waals surface area contributed by atoms with Crippen molar-refractivity contribution in [1.82, 2.24) is 19.7 Å². The molecule has 0 unspecified atom stereocenters. The Labute approximate surface area is 107 Å². The molecule has 0 N–H and O–H groups in total. The van der Waals surface area contributed by atoms with Crippen molar-refractivity contribution in [2.45, 2.75) is 13.3 Å². The summed E-state index contributed by atoms with van der Waals surface area (Å²) in [4.78, 5) is 8.68. The van der Waals surface area contributed by atoms with E-state index < -0.39 is 0 Å². The van der Waals surface area contributed by atoms with Crippen molar-refractivity contribution in [2.24, 2.45) is 7.05 Å². The number of hydrogen-bond donors (Lipinski definition) is 0. The predicted molar refractivity (Wildman–Crippen MR) is 66.3 cm³/mol. The van der Waals surface area contributed by atoms with Gasteiger partial charge in [0.25, 0.3) is 0 Å². The number of hydrogen-bond acceptors (Lipinski definition) is 3. The summed E-state index contributed by atoms with van der Waals surface area (Å²) in [5.41, 5.74) is 1.75. The zero-order chi connectivity index (χ0) is 11.7. The minimum Gasteiger partial charge on any atom is -0.265 e. The van der Waals surface area contributed by atoms with E-state index in [0.717, 1.165) is 22.3 Å². The third kappa shape index (κ3) is 1.97. The lowest BCUT2D eigenvalue weighted by Gasteiger charge is -2.06. The molecule has 0 radical (unpaired) electrons. The summed E-state index contributed by atoms with van der Waals surface area (Å²) in [7, 11) is 1.85. The van der Waals surface area contributed by atoms with Crippen LogP contribution in [-0.2, 0) is 13.5 Å². The Morgan fingerprint density at radius 1 is 1.44 bits per heavy atom. The standard InChI is InChI=1S/C10H10BrClN4/c1-3-6-8(11)9(12)15-10(14-6)7-4-5-13-16(7)2/h4-5H,3H2,1-2H3. The highest BCUT2D eigenvalue weighted by molar-refractivity contribution is 9.10. The van der Waals surface area contributed by atoms with Crippen LogP contribution < -0.4 is 0 Å². The van der Waals surface area contributed by atoms with E-state index in [1.807, 2.05) is 20.0 Å². The second-order valence-corrected chi connectivity index (χ2v) is 4.44. The van der Waals surface area contributed by atoms with E-state index in [1.165, 1.54) is 0 Å². The molecular weight excluding hydrogens is 291 g/mol. The highest BCUT2D eigenvalue weighted by Crippen LogP contribution is 2.26. The largest absolute Gasteiger partial charge is 0.265 e. The lowest BCUT2D eigenvalue weighted by Crippen LogP contribution is -2.01. The van der Waals surface area contributed by atoms with Crippen LogP contribution in [-0.4, -0.2) is 19.7 Å². The van der Waals surface area contributed by atoms with Crippen molar-refractivity contribution in [3.05, 3.63) is 27.6 Å². The van der Waals surface area contributed by atoms with Crippen molar-refractivity contribution in [2.75, 3.05) is 0 Å². The zero-order valence-electron chi connectivity index (χ0n) is 8.91. The Bertz CT molecular complexity index is 524.